The van der Waals surface area contributed by atoms with E-state index in [-0.39, 0.29) is 40.0 Å². The van der Waals surface area contributed by atoms with Crippen molar-refractivity contribution in [2.75, 3.05) is 16.0 Å². The third-order valence-electron chi connectivity index (χ3n) is 5.05. The van der Waals surface area contributed by atoms with Crippen molar-refractivity contribution in [3.05, 3.63) is 6.42 Å². The molecule has 0 saturated heterocycles. The van der Waals surface area contributed by atoms with Crippen LogP contribution in [-0.2, 0) is 0 Å². The molecule has 0 amide bonds. The van der Waals surface area contributed by atoms with E-state index in [9.17, 15) is 0 Å². The Balaban J connectivity index is -0.000000333. The second-order valence-electron chi connectivity index (χ2n) is 7.41. The van der Waals surface area contributed by atoms with Gasteiger partial charge < -0.3 is 23.4 Å². The number of unbranched alkanes of at least 4 members (excludes halogenated alkanes) is 4. The molecule has 0 heterocycles. The Morgan fingerprint density at radius 2 is 1.04 bits per heavy atom. The monoisotopic (exact) mass is 646 g/mol. The van der Waals surface area contributed by atoms with E-state index in [0.717, 1.165) is 16.6 Å². The maximum absolute atomic E-state index is 3.48. The number of alkyl halides is 3. The topological polar surface area (TPSA) is 0 Å². The minimum absolute atomic E-state index is 0. The first kappa shape index (κ1) is 34.3. The molecule has 2 rings (SSSR count). The van der Waals surface area contributed by atoms with Crippen molar-refractivity contribution in [1.29, 1.82) is 0 Å². The Labute approximate surface area is 223 Å². The summed E-state index contributed by atoms with van der Waals surface area (Å²) in [6.45, 7) is 0. The van der Waals surface area contributed by atoms with Crippen LogP contribution >= 0.6 is 47.8 Å². The summed E-state index contributed by atoms with van der Waals surface area (Å²) in [5.41, 5.74) is 0. The predicted octanol–water partition coefficient (Wildman–Crippen LogP) is 6.25. The van der Waals surface area contributed by atoms with Crippen LogP contribution in [0.3, 0.4) is 0 Å². The largest absolute Gasteiger partial charge is 2.00 e. The summed E-state index contributed by atoms with van der Waals surface area (Å²) in [7, 11) is 0. The fraction of sp³-hybridized carbons (Fsp3) is 0.955. The third kappa shape index (κ3) is 28.7. The molecule has 0 bridgehead atoms. The average Bonchev–Trinajstić information content (AvgIpc) is 2.69. The molecular weight excluding hydrogens is 608 g/mol. The second kappa shape index (κ2) is 30.9. The van der Waals surface area contributed by atoms with Gasteiger partial charge in [0.2, 0.25) is 0 Å². The van der Waals surface area contributed by atoms with E-state index in [1.54, 1.807) is 0 Å². The van der Waals surface area contributed by atoms with Crippen LogP contribution in [0, 0.1) is 12.3 Å². The van der Waals surface area contributed by atoms with Crippen LogP contribution in [0.4, 0.5) is 0 Å². The standard InChI is InChI=1S/C11H21Br.C6H11.C5H10Br2.BrH.Mg/c12-10-6-2-5-9-11-7-3-1-4-8-11;1-2-4-6-5-3-1;6-4-2-1-3-5-7;;/h11H,1-10H2;1H,2-6H2;1-5H2;1H;/q;-1;;;+2/p-1. The van der Waals surface area contributed by atoms with Gasteiger partial charge in [-0.1, -0.05) is 125 Å². The summed E-state index contributed by atoms with van der Waals surface area (Å²) in [5.74, 6) is 1.09. The van der Waals surface area contributed by atoms with Gasteiger partial charge in [0, 0.05) is 16.0 Å². The van der Waals surface area contributed by atoms with Gasteiger partial charge in [0.05, 0.1) is 0 Å². The van der Waals surface area contributed by atoms with Gasteiger partial charge in [-0.05, 0) is 25.2 Å². The zero-order chi connectivity index (χ0) is 18.4. The van der Waals surface area contributed by atoms with E-state index < -0.39 is 0 Å². The van der Waals surface area contributed by atoms with Crippen LogP contribution in [-0.4, -0.2) is 39.0 Å². The summed E-state index contributed by atoms with van der Waals surface area (Å²) in [6.07, 6.45) is 26.8. The molecule has 0 N–H and O–H groups in total. The van der Waals surface area contributed by atoms with Gasteiger partial charge in [-0.25, -0.2) is 0 Å². The summed E-state index contributed by atoms with van der Waals surface area (Å²) < 4.78 is 0. The fourth-order valence-corrected chi connectivity index (χ4v) is 4.63. The zero-order valence-corrected chi connectivity index (χ0v) is 25.3. The average molecular weight is 650 g/mol. The number of hydrogen-bond donors (Lipinski definition) is 0. The molecule has 0 unspecified atom stereocenters. The fourth-order valence-electron chi connectivity index (χ4n) is 3.44. The van der Waals surface area contributed by atoms with E-state index >= 15 is 0 Å². The molecule has 0 aromatic carbocycles. The Bertz CT molecular complexity index is 217. The smallest absolute Gasteiger partial charge is 1.00 e. The molecule has 27 heavy (non-hydrogen) atoms. The SMILES string of the molecule is BrCCCCCBr.BrCCCCCC1CCCCC1.[Br-].[CH-]1CCCCC1.[Mg+2]. The first-order valence-corrected chi connectivity index (χ1v) is 14.2. The van der Waals surface area contributed by atoms with E-state index in [4.69, 9.17) is 0 Å². The first-order valence-electron chi connectivity index (χ1n) is 10.8. The Morgan fingerprint density at radius 1 is 0.593 bits per heavy atom. The molecule has 0 aromatic heterocycles. The second-order valence-corrected chi connectivity index (χ2v) is 9.79. The Hall–Kier alpha value is 2.69. The zero-order valence-electron chi connectivity index (χ0n) is 17.5. The van der Waals surface area contributed by atoms with Gasteiger partial charge in [-0.15, -0.1) is 0 Å². The Kier molecular flexibility index (Phi) is 39.2. The predicted molar refractivity (Wildman–Crippen MR) is 133 cm³/mol. The van der Waals surface area contributed by atoms with Crippen molar-refractivity contribution in [2.45, 2.75) is 109 Å². The van der Waals surface area contributed by atoms with Gasteiger partial charge in [-0.3, -0.25) is 0 Å². The summed E-state index contributed by atoms with van der Waals surface area (Å²) in [4.78, 5) is 0. The molecule has 2 aliphatic rings. The van der Waals surface area contributed by atoms with Crippen molar-refractivity contribution < 1.29 is 17.0 Å². The molecule has 0 aromatic rings. The van der Waals surface area contributed by atoms with Crippen LogP contribution in [0.25, 0.3) is 0 Å². The summed E-state index contributed by atoms with van der Waals surface area (Å²) in [5, 5.41) is 3.50. The van der Waals surface area contributed by atoms with Crippen molar-refractivity contribution >= 4 is 70.8 Å². The molecule has 2 fully saturated rings. The van der Waals surface area contributed by atoms with Crippen molar-refractivity contribution in [3.8, 4) is 0 Å². The van der Waals surface area contributed by atoms with E-state index in [2.05, 4.69) is 54.2 Å². The normalized spacial score (nSPS) is 16.6. The van der Waals surface area contributed by atoms with Crippen LogP contribution in [0.1, 0.15) is 109 Å². The quantitative estimate of drug-likeness (QED) is 0.120. The number of hydrogen-bond acceptors (Lipinski definition) is 0. The maximum atomic E-state index is 3.48. The van der Waals surface area contributed by atoms with Gasteiger partial charge >= 0.3 is 23.1 Å². The van der Waals surface area contributed by atoms with E-state index in [0.29, 0.717) is 0 Å². The molecule has 2 saturated carbocycles. The van der Waals surface area contributed by atoms with Crippen LogP contribution in [0.15, 0.2) is 0 Å². The molecule has 0 spiro atoms. The van der Waals surface area contributed by atoms with Gasteiger partial charge in [0.1, 0.15) is 0 Å². The molecule has 0 radical (unpaired) electrons. The minimum Gasteiger partial charge on any atom is -1.00 e. The summed E-state index contributed by atoms with van der Waals surface area (Å²) >= 11 is 10.2. The maximum Gasteiger partial charge on any atom is 2.00 e. The molecule has 160 valence electrons. The van der Waals surface area contributed by atoms with Crippen LogP contribution in [0.2, 0.25) is 0 Å². The van der Waals surface area contributed by atoms with Gasteiger partial charge in [0.15, 0.2) is 0 Å². The number of rotatable bonds is 9. The van der Waals surface area contributed by atoms with Gasteiger partial charge in [0.25, 0.3) is 0 Å². The molecule has 2 aliphatic carbocycles. The third-order valence-corrected chi connectivity index (χ3v) is 6.74. The van der Waals surface area contributed by atoms with Crippen LogP contribution < -0.4 is 17.0 Å². The summed E-state index contributed by atoms with van der Waals surface area (Å²) in [6, 6.07) is 0. The molecule has 0 atom stereocenters. The molecule has 0 nitrogen and oxygen atoms in total. The van der Waals surface area contributed by atoms with Crippen LogP contribution in [0.5, 0.6) is 0 Å². The van der Waals surface area contributed by atoms with Crippen molar-refractivity contribution in [2.24, 2.45) is 5.92 Å². The number of halogens is 4. The van der Waals surface area contributed by atoms with Crippen molar-refractivity contribution in [3.63, 3.8) is 0 Å². The van der Waals surface area contributed by atoms with Gasteiger partial charge in [-0.2, -0.15) is 12.8 Å². The molecule has 0 aliphatic heterocycles. The van der Waals surface area contributed by atoms with E-state index in [1.165, 1.54) is 114 Å². The first-order chi connectivity index (χ1) is 12.3. The van der Waals surface area contributed by atoms with E-state index in [1.807, 2.05) is 0 Å². The molecular formula is C22H42Br4Mg. The molecule has 5 heteroatoms. The minimum atomic E-state index is 0. The van der Waals surface area contributed by atoms with Crippen molar-refractivity contribution in [1.82, 2.24) is 0 Å². The Morgan fingerprint density at radius 3 is 1.41 bits per heavy atom.